The van der Waals surface area contributed by atoms with E-state index in [1.807, 2.05) is 0 Å². The van der Waals surface area contributed by atoms with E-state index in [1.165, 1.54) is 24.3 Å². The number of nitrogens with two attached hydrogens (primary N) is 1. The molecule has 0 fully saturated rings. The van der Waals surface area contributed by atoms with Crippen LogP contribution >= 0.6 is 11.6 Å². The van der Waals surface area contributed by atoms with Crippen molar-refractivity contribution in [3.05, 3.63) is 47.0 Å². The van der Waals surface area contributed by atoms with Crippen LogP contribution in [0.25, 0.3) is 0 Å². The van der Waals surface area contributed by atoms with Crippen LogP contribution in [0.15, 0.2) is 46.2 Å². The number of nitrogens with one attached hydrogen (secondary N) is 2. The Morgan fingerprint density at radius 2 is 1.89 bits per heavy atom. The molecule has 10 nitrogen and oxygen atoms in total. The summed E-state index contributed by atoms with van der Waals surface area (Å²) in [6.07, 6.45) is -0.881. The van der Waals surface area contributed by atoms with Gasteiger partial charge in [-0.3, -0.25) is 0 Å². The average molecular weight is 448 g/mol. The molecule has 3 rings (SSSR count). The van der Waals surface area contributed by atoms with Crippen LogP contribution in [0.1, 0.15) is 10.4 Å². The Bertz CT molecular complexity index is 1150. The molecule has 1 heterocycles. The van der Waals surface area contributed by atoms with Gasteiger partial charge in [0.1, 0.15) is 28.3 Å². The van der Waals surface area contributed by atoms with Crippen molar-refractivity contribution < 1.29 is 31.5 Å². The number of anilines is 1. The molecular weight excluding hydrogens is 434 g/mol. The molecule has 13 heteroatoms. The quantitative estimate of drug-likeness (QED) is 0.522. The second kappa shape index (κ2) is 7.22. The summed E-state index contributed by atoms with van der Waals surface area (Å²) in [5.41, 5.74) is 0.170. The third-order valence-electron chi connectivity index (χ3n) is 3.78. The molecule has 0 saturated carbocycles. The van der Waals surface area contributed by atoms with Crippen molar-refractivity contribution in [2.45, 2.75) is 16.0 Å². The molecule has 0 saturated heterocycles. The number of sulfonamides is 2. The lowest BCUT2D eigenvalue weighted by Gasteiger charge is -2.28. The van der Waals surface area contributed by atoms with E-state index in [9.17, 15) is 21.6 Å². The van der Waals surface area contributed by atoms with Crippen LogP contribution in [0.2, 0.25) is 5.02 Å². The number of rotatable bonds is 5. The van der Waals surface area contributed by atoms with E-state index in [0.29, 0.717) is 5.75 Å². The lowest BCUT2D eigenvalue weighted by atomic mass is 10.2. The van der Waals surface area contributed by atoms with Gasteiger partial charge in [-0.2, -0.15) is 4.72 Å². The highest BCUT2D eigenvalue weighted by Crippen LogP contribution is 2.33. The zero-order chi connectivity index (χ0) is 20.7. The zero-order valence-electron chi connectivity index (χ0n) is 13.9. The number of ether oxygens (including phenoxy) is 1. The number of hydrogen-bond donors (Lipinski definition) is 4. The van der Waals surface area contributed by atoms with Crippen LogP contribution in [-0.4, -0.2) is 40.7 Å². The van der Waals surface area contributed by atoms with Gasteiger partial charge >= 0.3 is 5.97 Å². The molecule has 1 unspecified atom stereocenters. The molecule has 0 amide bonds. The van der Waals surface area contributed by atoms with Gasteiger partial charge < -0.3 is 15.2 Å². The summed E-state index contributed by atoms with van der Waals surface area (Å²) in [7, 11) is -8.27. The van der Waals surface area contributed by atoms with Gasteiger partial charge in [0.2, 0.25) is 20.0 Å². The predicted molar refractivity (Wildman–Crippen MR) is 99.5 cm³/mol. The van der Waals surface area contributed by atoms with Crippen LogP contribution in [0.3, 0.4) is 0 Å². The lowest BCUT2D eigenvalue weighted by molar-refractivity contribution is 0.0696. The molecule has 2 aromatic rings. The third-order valence-corrected chi connectivity index (χ3v) is 6.66. The van der Waals surface area contributed by atoms with Crippen LogP contribution in [0.5, 0.6) is 5.75 Å². The monoisotopic (exact) mass is 447 g/mol. The molecule has 0 bridgehead atoms. The maximum Gasteiger partial charge on any atom is 0.335 e. The Morgan fingerprint density at radius 1 is 1.25 bits per heavy atom. The highest BCUT2D eigenvalue weighted by atomic mass is 35.5. The fraction of sp³-hybridized carbons (Fsp3) is 0.133. The Hall–Kier alpha value is -2.38. The van der Waals surface area contributed by atoms with Gasteiger partial charge in [-0.1, -0.05) is 11.6 Å². The largest absolute Gasteiger partial charge is 0.490 e. The first-order chi connectivity index (χ1) is 13.0. The van der Waals surface area contributed by atoms with Gasteiger partial charge in [0, 0.05) is 0 Å². The minimum Gasteiger partial charge on any atom is -0.490 e. The number of fused-ring (bicyclic) bond motifs is 1. The average Bonchev–Trinajstić information content (AvgIpc) is 2.58. The second-order valence-corrected chi connectivity index (χ2v) is 9.40. The lowest BCUT2D eigenvalue weighted by Crippen LogP contribution is -2.48. The van der Waals surface area contributed by atoms with Crippen LogP contribution in [0, 0.1) is 0 Å². The SMILES string of the molecule is NS(=O)(=O)c1cc2c(cc1Cl)NC(COc1ccc(C(=O)O)cc1)NS2(=O)=O. The molecule has 0 spiro atoms. The van der Waals surface area contributed by atoms with E-state index < -0.39 is 37.1 Å². The molecule has 150 valence electrons. The van der Waals surface area contributed by atoms with Crippen LogP contribution < -0.4 is 19.9 Å². The predicted octanol–water partition coefficient (Wildman–Crippen LogP) is 0.795. The zero-order valence-corrected chi connectivity index (χ0v) is 16.3. The Labute approximate surface area is 165 Å². The van der Waals surface area contributed by atoms with E-state index in [4.69, 9.17) is 26.6 Å². The standard InChI is InChI=1S/C15H14ClN3O7S2/c16-10-5-11-13(6-12(10)27(17,22)23)28(24,25)19-14(18-11)7-26-9-3-1-8(2-4-9)15(20)21/h1-6,14,18-19H,7H2,(H,20,21)(H2,17,22,23). The minimum absolute atomic E-state index is 0.0815. The van der Waals surface area contributed by atoms with Crippen molar-refractivity contribution >= 4 is 43.3 Å². The maximum absolute atomic E-state index is 12.5. The molecule has 1 aliphatic heterocycles. The highest BCUT2D eigenvalue weighted by Gasteiger charge is 2.32. The van der Waals surface area contributed by atoms with Gasteiger partial charge in [0.25, 0.3) is 0 Å². The van der Waals surface area contributed by atoms with Crippen molar-refractivity contribution in [3.8, 4) is 5.75 Å². The fourth-order valence-electron chi connectivity index (χ4n) is 2.50. The Morgan fingerprint density at radius 3 is 2.46 bits per heavy atom. The smallest absolute Gasteiger partial charge is 0.335 e. The Kier molecular flexibility index (Phi) is 5.25. The summed E-state index contributed by atoms with van der Waals surface area (Å²) >= 11 is 5.91. The fourth-order valence-corrected chi connectivity index (χ4v) is 4.99. The normalized spacial score (nSPS) is 18.0. The van der Waals surface area contributed by atoms with E-state index in [0.717, 1.165) is 12.1 Å². The number of carboxylic acid groups (broad SMARTS) is 1. The number of primary sulfonamides is 1. The van der Waals surface area contributed by atoms with Crippen molar-refractivity contribution in [1.29, 1.82) is 0 Å². The first-order valence-corrected chi connectivity index (χ1v) is 11.0. The number of benzene rings is 2. The molecular formula is C15H14ClN3O7S2. The van der Waals surface area contributed by atoms with Gasteiger partial charge in [-0.15, -0.1) is 0 Å². The molecule has 2 aromatic carbocycles. The summed E-state index contributed by atoms with van der Waals surface area (Å²) in [5.74, 6) is -0.750. The first-order valence-electron chi connectivity index (χ1n) is 7.59. The summed E-state index contributed by atoms with van der Waals surface area (Å²) < 4.78 is 55.8. The van der Waals surface area contributed by atoms with Crippen molar-refractivity contribution in [2.75, 3.05) is 11.9 Å². The summed E-state index contributed by atoms with van der Waals surface area (Å²) in [6, 6.07) is 7.60. The van der Waals surface area contributed by atoms with Crippen molar-refractivity contribution in [2.24, 2.45) is 5.14 Å². The Balaban J connectivity index is 1.81. The van der Waals surface area contributed by atoms with Gasteiger partial charge in [-0.25, -0.2) is 26.8 Å². The van der Waals surface area contributed by atoms with Gasteiger partial charge in [-0.05, 0) is 36.4 Å². The molecule has 1 atom stereocenters. The number of carbonyl (C=O) groups is 1. The molecule has 5 N–H and O–H groups in total. The number of carboxylic acids is 1. The number of hydrogen-bond acceptors (Lipinski definition) is 7. The van der Waals surface area contributed by atoms with Crippen molar-refractivity contribution in [3.63, 3.8) is 0 Å². The van der Waals surface area contributed by atoms with Crippen LogP contribution in [-0.2, 0) is 20.0 Å². The van der Waals surface area contributed by atoms with Gasteiger partial charge in [0.15, 0.2) is 0 Å². The van der Waals surface area contributed by atoms with E-state index in [1.54, 1.807) is 0 Å². The second-order valence-electron chi connectivity index (χ2n) is 5.78. The number of halogens is 1. The third kappa shape index (κ3) is 4.20. The van der Waals surface area contributed by atoms with Crippen LogP contribution in [0.4, 0.5) is 5.69 Å². The van der Waals surface area contributed by atoms with E-state index in [-0.39, 0.29) is 27.8 Å². The first kappa shape index (κ1) is 20.4. The maximum atomic E-state index is 12.5. The summed E-state index contributed by atoms with van der Waals surface area (Å²) in [4.78, 5) is 10.0. The molecule has 0 aromatic heterocycles. The van der Waals surface area contributed by atoms with Crippen molar-refractivity contribution in [1.82, 2.24) is 4.72 Å². The molecule has 1 aliphatic rings. The van der Waals surface area contributed by atoms with E-state index in [2.05, 4.69) is 10.0 Å². The topological polar surface area (TPSA) is 165 Å². The number of aromatic carboxylic acids is 1. The molecule has 0 aliphatic carbocycles. The van der Waals surface area contributed by atoms with Gasteiger partial charge in [0.05, 0.1) is 16.3 Å². The minimum atomic E-state index is -4.21. The highest BCUT2D eigenvalue weighted by molar-refractivity contribution is 7.90. The summed E-state index contributed by atoms with van der Waals surface area (Å²) in [6.45, 7) is -0.139. The molecule has 0 radical (unpaired) electrons. The summed E-state index contributed by atoms with van der Waals surface area (Å²) in [5, 5.41) is 16.5. The molecule has 28 heavy (non-hydrogen) atoms. The van der Waals surface area contributed by atoms with E-state index >= 15 is 0 Å².